The molecular formula is C12H12O4. The van der Waals surface area contributed by atoms with E-state index in [0.29, 0.717) is 12.0 Å². The van der Waals surface area contributed by atoms with E-state index in [9.17, 15) is 10.2 Å². The number of phenolic OH excluding ortho intramolecular Hbond substituents is 2. The highest BCUT2D eigenvalue weighted by Gasteiger charge is 2.07. The van der Waals surface area contributed by atoms with Gasteiger partial charge in [-0.05, 0) is 18.2 Å². The fourth-order valence-corrected chi connectivity index (χ4v) is 1.32. The first-order chi connectivity index (χ1) is 7.77. The Balaban J connectivity index is 0.000000606. The molecule has 16 heavy (non-hydrogen) atoms. The molecule has 1 aromatic carbocycles. The predicted octanol–water partition coefficient (Wildman–Crippen LogP) is 2.10. The average molecular weight is 220 g/mol. The van der Waals surface area contributed by atoms with Crippen molar-refractivity contribution in [2.75, 3.05) is 0 Å². The molecule has 0 fully saturated rings. The molecule has 0 atom stereocenters. The molecule has 2 aromatic rings. The molecule has 0 aliphatic carbocycles. The van der Waals surface area contributed by atoms with Gasteiger partial charge in [-0.3, -0.25) is 0 Å². The smallest absolute Gasteiger partial charge is 0.161 e. The lowest BCUT2D eigenvalue weighted by molar-refractivity contribution is -0.0979. The zero-order valence-electron chi connectivity index (χ0n) is 8.59. The van der Waals surface area contributed by atoms with E-state index >= 15 is 0 Å². The zero-order chi connectivity index (χ0) is 12.0. The van der Waals surface area contributed by atoms with Crippen LogP contribution < -0.4 is 0 Å². The molecule has 1 heterocycles. The summed E-state index contributed by atoms with van der Waals surface area (Å²) in [5.41, 5.74) is 0.653. The van der Waals surface area contributed by atoms with Gasteiger partial charge < -0.3 is 19.4 Å². The van der Waals surface area contributed by atoms with Crippen molar-refractivity contribution in [3.8, 4) is 11.5 Å². The number of phenols is 2. The predicted molar refractivity (Wildman–Crippen MR) is 58.4 cm³/mol. The molecule has 4 nitrogen and oxygen atoms in total. The molecule has 0 radical (unpaired) electrons. The molecule has 2 rings (SSSR count). The van der Waals surface area contributed by atoms with E-state index in [0.717, 1.165) is 5.76 Å². The van der Waals surface area contributed by atoms with Crippen molar-refractivity contribution < 1.29 is 19.4 Å². The molecule has 0 aliphatic rings. The maximum absolute atomic E-state index is 9.50. The van der Waals surface area contributed by atoms with E-state index in [1.165, 1.54) is 6.07 Å². The molecule has 0 unspecified atom stereocenters. The molecule has 0 saturated carbocycles. The molecule has 0 spiro atoms. The molecule has 1 aromatic heterocycles. The number of aromatic hydroxyl groups is 2. The zero-order valence-corrected chi connectivity index (χ0v) is 8.59. The Labute approximate surface area is 92.8 Å². The Kier molecular flexibility index (Phi) is 4.15. The van der Waals surface area contributed by atoms with Crippen molar-refractivity contribution in [3.05, 3.63) is 47.9 Å². The Morgan fingerprint density at radius 1 is 1.12 bits per heavy atom. The second-order valence-corrected chi connectivity index (χ2v) is 3.04. The number of hydrogen-bond donors (Lipinski definition) is 2. The van der Waals surface area contributed by atoms with Gasteiger partial charge in [-0.2, -0.15) is 0 Å². The quantitative estimate of drug-likeness (QED) is 0.760. The number of furan rings is 1. The van der Waals surface area contributed by atoms with Gasteiger partial charge in [-0.25, -0.2) is 0 Å². The highest BCUT2D eigenvalue weighted by Crippen LogP contribution is 2.29. The van der Waals surface area contributed by atoms with Gasteiger partial charge in [0.15, 0.2) is 11.5 Å². The molecule has 0 bridgehead atoms. The molecular weight excluding hydrogens is 208 g/mol. The van der Waals surface area contributed by atoms with Gasteiger partial charge in [0, 0.05) is 12.0 Å². The van der Waals surface area contributed by atoms with Gasteiger partial charge in [-0.15, -0.1) is 0 Å². The van der Waals surface area contributed by atoms with Crippen LogP contribution in [0.1, 0.15) is 11.3 Å². The van der Waals surface area contributed by atoms with Crippen LogP contribution in [-0.2, 0) is 11.2 Å². The summed E-state index contributed by atoms with van der Waals surface area (Å²) >= 11 is 0. The van der Waals surface area contributed by atoms with Gasteiger partial charge in [0.05, 0.1) is 6.26 Å². The van der Waals surface area contributed by atoms with Gasteiger partial charge in [0.2, 0.25) is 0 Å². The molecule has 0 saturated heterocycles. The van der Waals surface area contributed by atoms with Crippen molar-refractivity contribution in [2.24, 2.45) is 0 Å². The maximum Gasteiger partial charge on any atom is 0.161 e. The van der Waals surface area contributed by atoms with E-state index in [4.69, 9.17) is 9.21 Å². The molecule has 0 aliphatic heterocycles. The van der Waals surface area contributed by atoms with Crippen molar-refractivity contribution in [2.45, 2.75) is 6.42 Å². The lowest BCUT2D eigenvalue weighted by Gasteiger charge is -2.03. The van der Waals surface area contributed by atoms with Crippen LogP contribution in [0.4, 0.5) is 0 Å². The Bertz CT molecular complexity index is 434. The summed E-state index contributed by atoms with van der Waals surface area (Å²) in [6.45, 7) is 2.00. The number of hydrogen-bond acceptors (Lipinski definition) is 4. The molecule has 0 amide bonds. The van der Waals surface area contributed by atoms with Gasteiger partial charge in [0.25, 0.3) is 0 Å². The van der Waals surface area contributed by atoms with Gasteiger partial charge in [0.1, 0.15) is 12.5 Å². The number of benzene rings is 1. The summed E-state index contributed by atoms with van der Waals surface area (Å²) in [6, 6.07) is 8.49. The average Bonchev–Trinajstić information content (AvgIpc) is 2.80. The first-order valence-corrected chi connectivity index (χ1v) is 4.58. The topological polar surface area (TPSA) is 70.7 Å². The second kappa shape index (κ2) is 5.60. The van der Waals surface area contributed by atoms with E-state index in [1.807, 2.05) is 12.9 Å². The molecule has 2 N–H and O–H groups in total. The van der Waals surface area contributed by atoms with E-state index in [2.05, 4.69) is 0 Å². The minimum Gasteiger partial charge on any atom is -0.504 e. The number of carbonyl (C=O) groups excluding carboxylic acids is 1. The third kappa shape index (κ3) is 2.63. The van der Waals surface area contributed by atoms with Crippen molar-refractivity contribution in [3.63, 3.8) is 0 Å². The minimum absolute atomic E-state index is 0.0797. The summed E-state index contributed by atoms with van der Waals surface area (Å²) in [5.74, 6) is 0.573. The lowest BCUT2D eigenvalue weighted by atomic mass is 10.1. The van der Waals surface area contributed by atoms with Crippen LogP contribution in [0, 0.1) is 0 Å². The third-order valence-corrected chi connectivity index (χ3v) is 2.04. The van der Waals surface area contributed by atoms with Gasteiger partial charge >= 0.3 is 0 Å². The second-order valence-electron chi connectivity index (χ2n) is 3.04. The Hall–Kier alpha value is -2.23. The first kappa shape index (κ1) is 11.8. The fourth-order valence-electron chi connectivity index (χ4n) is 1.32. The highest BCUT2D eigenvalue weighted by atomic mass is 16.3. The Morgan fingerprint density at radius 3 is 2.50 bits per heavy atom. The monoisotopic (exact) mass is 220 g/mol. The van der Waals surface area contributed by atoms with Crippen LogP contribution in [0.2, 0.25) is 0 Å². The van der Waals surface area contributed by atoms with Crippen molar-refractivity contribution in [1.82, 2.24) is 0 Å². The van der Waals surface area contributed by atoms with Crippen LogP contribution in [0.5, 0.6) is 11.5 Å². The summed E-state index contributed by atoms with van der Waals surface area (Å²) < 4.78 is 5.14. The van der Waals surface area contributed by atoms with Crippen LogP contribution in [0.15, 0.2) is 41.0 Å². The third-order valence-electron chi connectivity index (χ3n) is 2.04. The van der Waals surface area contributed by atoms with Crippen LogP contribution >= 0.6 is 0 Å². The van der Waals surface area contributed by atoms with E-state index < -0.39 is 0 Å². The fraction of sp³-hybridized carbons (Fsp3) is 0.0833. The summed E-state index contributed by atoms with van der Waals surface area (Å²) in [4.78, 5) is 8.00. The maximum atomic E-state index is 9.50. The van der Waals surface area contributed by atoms with Crippen molar-refractivity contribution >= 4 is 6.79 Å². The number of para-hydroxylation sites is 1. The minimum atomic E-state index is -0.103. The van der Waals surface area contributed by atoms with Crippen LogP contribution in [-0.4, -0.2) is 17.0 Å². The Morgan fingerprint density at radius 2 is 1.88 bits per heavy atom. The van der Waals surface area contributed by atoms with Crippen LogP contribution in [0.25, 0.3) is 0 Å². The standard InChI is InChI=1S/C11H10O3.CH2O/c12-10-5-1-3-8(11(10)13)7-9-4-2-6-14-9;1-2/h1-6,12-13H,7H2;1H2. The van der Waals surface area contributed by atoms with Gasteiger partial charge in [-0.1, -0.05) is 12.1 Å². The lowest BCUT2D eigenvalue weighted by Crippen LogP contribution is -1.86. The van der Waals surface area contributed by atoms with Crippen molar-refractivity contribution in [1.29, 1.82) is 0 Å². The first-order valence-electron chi connectivity index (χ1n) is 4.58. The molecule has 84 valence electrons. The highest BCUT2D eigenvalue weighted by molar-refractivity contribution is 5.45. The molecule has 4 heteroatoms. The normalized spacial score (nSPS) is 9.25. The van der Waals surface area contributed by atoms with E-state index in [1.54, 1.807) is 24.5 Å². The SMILES string of the molecule is C=O.Oc1cccc(Cc2ccco2)c1O. The largest absolute Gasteiger partial charge is 0.504 e. The number of rotatable bonds is 2. The summed E-state index contributed by atoms with van der Waals surface area (Å²) in [5, 5.41) is 18.8. The number of carbonyl (C=O) groups is 1. The summed E-state index contributed by atoms with van der Waals surface area (Å²) in [7, 11) is 0. The summed E-state index contributed by atoms with van der Waals surface area (Å²) in [6.07, 6.45) is 2.06. The van der Waals surface area contributed by atoms with Crippen LogP contribution in [0.3, 0.4) is 0 Å². The van der Waals surface area contributed by atoms with E-state index in [-0.39, 0.29) is 11.5 Å².